The highest BCUT2D eigenvalue weighted by Gasteiger charge is 2.11. The van der Waals surface area contributed by atoms with Crippen molar-refractivity contribution in [2.24, 2.45) is 0 Å². The van der Waals surface area contributed by atoms with Crippen LogP contribution in [0.1, 0.15) is 10.6 Å². The van der Waals surface area contributed by atoms with Gasteiger partial charge in [-0.3, -0.25) is 0 Å². The van der Waals surface area contributed by atoms with Crippen molar-refractivity contribution in [1.29, 1.82) is 0 Å². The lowest BCUT2D eigenvalue weighted by molar-refractivity contribution is 0.626. The van der Waals surface area contributed by atoms with Gasteiger partial charge in [0.05, 0.1) is 14.9 Å². The molecule has 0 bridgehead atoms. The second-order valence-electron chi connectivity index (χ2n) is 5.27. The Balaban J connectivity index is 1.56. The SMILES string of the molecule is Fc1ccc(CCNCc2ncc(-c3c(Cl)cccc3Cl)s2)cc1. The smallest absolute Gasteiger partial charge is 0.123 e. The second kappa shape index (κ2) is 8.08. The number of hydrogen-bond donors (Lipinski definition) is 1. The first-order valence-corrected chi connectivity index (χ1v) is 9.05. The Bertz CT molecular complexity index is 798. The molecule has 1 heterocycles. The largest absolute Gasteiger partial charge is 0.310 e. The molecule has 124 valence electrons. The van der Waals surface area contributed by atoms with Crippen molar-refractivity contribution in [2.75, 3.05) is 6.54 Å². The lowest BCUT2D eigenvalue weighted by atomic mass is 10.1. The van der Waals surface area contributed by atoms with Gasteiger partial charge in [-0.1, -0.05) is 41.4 Å². The minimum atomic E-state index is -0.208. The van der Waals surface area contributed by atoms with Crippen molar-refractivity contribution >= 4 is 34.5 Å². The van der Waals surface area contributed by atoms with Crippen molar-refractivity contribution in [3.63, 3.8) is 0 Å². The summed E-state index contributed by atoms with van der Waals surface area (Å²) in [5, 5.41) is 5.57. The molecule has 0 aliphatic heterocycles. The van der Waals surface area contributed by atoms with Crippen LogP contribution >= 0.6 is 34.5 Å². The molecule has 0 atom stereocenters. The maximum absolute atomic E-state index is 12.9. The maximum Gasteiger partial charge on any atom is 0.123 e. The fourth-order valence-corrected chi connectivity index (χ4v) is 3.99. The number of halogens is 3. The van der Waals surface area contributed by atoms with Crippen LogP contribution in [0, 0.1) is 5.82 Å². The summed E-state index contributed by atoms with van der Waals surface area (Å²) in [6.07, 6.45) is 2.64. The van der Waals surface area contributed by atoms with Crippen molar-refractivity contribution in [1.82, 2.24) is 10.3 Å². The number of nitrogens with zero attached hydrogens (tertiary/aromatic N) is 1. The lowest BCUT2D eigenvalue weighted by Gasteiger charge is -2.04. The van der Waals surface area contributed by atoms with E-state index in [1.54, 1.807) is 29.7 Å². The summed E-state index contributed by atoms with van der Waals surface area (Å²) in [5.41, 5.74) is 1.93. The van der Waals surface area contributed by atoms with Gasteiger partial charge in [0, 0.05) is 18.3 Å². The molecule has 0 aliphatic carbocycles. The first-order valence-electron chi connectivity index (χ1n) is 7.48. The molecular weight excluding hydrogens is 366 g/mol. The van der Waals surface area contributed by atoms with Gasteiger partial charge in [-0.15, -0.1) is 11.3 Å². The molecule has 1 aromatic heterocycles. The summed E-state index contributed by atoms with van der Waals surface area (Å²) in [6, 6.07) is 12.0. The third kappa shape index (κ3) is 4.33. The summed E-state index contributed by atoms with van der Waals surface area (Å²) >= 11 is 14.0. The quantitative estimate of drug-likeness (QED) is 0.563. The molecule has 0 unspecified atom stereocenters. The summed E-state index contributed by atoms with van der Waals surface area (Å²) in [7, 11) is 0. The van der Waals surface area contributed by atoms with E-state index in [0.717, 1.165) is 34.0 Å². The Morgan fingerprint density at radius 1 is 1.04 bits per heavy atom. The van der Waals surface area contributed by atoms with E-state index < -0.39 is 0 Å². The van der Waals surface area contributed by atoms with Gasteiger partial charge < -0.3 is 5.32 Å². The molecule has 1 N–H and O–H groups in total. The molecule has 0 aliphatic rings. The number of aromatic nitrogens is 1. The van der Waals surface area contributed by atoms with Gasteiger partial charge in [0.1, 0.15) is 10.8 Å². The van der Waals surface area contributed by atoms with Crippen LogP contribution in [0.2, 0.25) is 10.0 Å². The number of benzene rings is 2. The average Bonchev–Trinajstić information content (AvgIpc) is 3.02. The third-order valence-electron chi connectivity index (χ3n) is 3.54. The van der Waals surface area contributed by atoms with Gasteiger partial charge in [0.15, 0.2) is 0 Å². The first kappa shape index (κ1) is 17.4. The molecule has 0 fully saturated rings. The maximum atomic E-state index is 12.9. The first-order chi connectivity index (χ1) is 11.6. The Kier molecular flexibility index (Phi) is 5.85. The zero-order valence-electron chi connectivity index (χ0n) is 12.7. The van der Waals surface area contributed by atoms with Crippen LogP contribution in [0.25, 0.3) is 10.4 Å². The summed E-state index contributed by atoms with van der Waals surface area (Å²) in [4.78, 5) is 5.38. The van der Waals surface area contributed by atoms with Crippen molar-refractivity contribution < 1.29 is 4.39 Å². The molecule has 3 aromatic rings. The predicted octanol–water partition coefficient (Wildman–Crippen LogP) is 5.59. The molecule has 0 saturated carbocycles. The topological polar surface area (TPSA) is 24.9 Å². The highest BCUT2D eigenvalue weighted by molar-refractivity contribution is 7.15. The van der Waals surface area contributed by atoms with Crippen LogP contribution in [0.3, 0.4) is 0 Å². The zero-order valence-corrected chi connectivity index (χ0v) is 15.1. The molecule has 0 spiro atoms. The van der Waals surface area contributed by atoms with Crippen LogP contribution in [0.5, 0.6) is 0 Å². The van der Waals surface area contributed by atoms with Gasteiger partial charge in [0.25, 0.3) is 0 Å². The fraction of sp³-hybridized carbons (Fsp3) is 0.167. The average molecular weight is 381 g/mol. The van der Waals surface area contributed by atoms with Crippen LogP contribution in [0.4, 0.5) is 4.39 Å². The van der Waals surface area contributed by atoms with Crippen molar-refractivity contribution in [3.8, 4) is 10.4 Å². The zero-order chi connectivity index (χ0) is 16.9. The van der Waals surface area contributed by atoms with E-state index in [-0.39, 0.29) is 5.82 Å². The van der Waals surface area contributed by atoms with Crippen LogP contribution in [-0.4, -0.2) is 11.5 Å². The van der Waals surface area contributed by atoms with Gasteiger partial charge in [-0.2, -0.15) is 0 Å². The molecular formula is C18H15Cl2FN2S. The van der Waals surface area contributed by atoms with E-state index in [0.29, 0.717) is 16.6 Å². The molecule has 3 rings (SSSR count). The van der Waals surface area contributed by atoms with E-state index in [1.165, 1.54) is 12.1 Å². The fourth-order valence-electron chi connectivity index (χ4n) is 2.32. The minimum Gasteiger partial charge on any atom is -0.310 e. The van der Waals surface area contributed by atoms with Gasteiger partial charge in [-0.05, 0) is 42.8 Å². The van der Waals surface area contributed by atoms with E-state index in [9.17, 15) is 4.39 Å². The highest BCUT2D eigenvalue weighted by Crippen LogP contribution is 2.37. The van der Waals surface area contributed by atoms with Crippen LogP contribution in [-0.2, 0) is 13.0 Å². The van der Waals surface area contributed by atoms with E-state index >= 15 is 0 Å². The molecule has 2 aromatic carbocycles. The van der Waals surface area contributed by atoms with Crippen molar-refractivity contribution in [2.45, 2.75) is 13.0 Å². The lowest BCUT2D eigenvalue weighted by Crippen LogP contribution is -2.16. The third-order valence-corrected chi connectivity index (χ3v) is 5.19. The van der Waals surface area contributed by atoms with E-state index in [4.69, 9.17) is 23.2 Å². The Labute approximate surface area is 154 Å². The molecule has 24 heavy (non-hydrogen) atoms. The Morgan fingerprint density at radius 2 is 1.75 bits per heavy atom. The molecule has 6 heteroatoms. The van der Waals surface area contributed by atoms with E-state index in [2.05, 4.69) is 10.3 Å². The summed E-state index contributed by atoms with van der Waals surface area (Å²) in [5.74, 6) is -0.208. The van der Waals surface area contributed by atoms with Gasteiger partial charge >= 0.3 is 0 Å². The van der Waals surface area contributed by atoms with Crippen molar-refractivity contribution in [3.05, 3.63) is 75.1 Å². The number of rotatable bonds is 6. The monoisotopic (exact) mass is 380 g/mol. The van der Waals surface area contributed by atoms with Gasteiger partial charge in [-0.25, -0.2) is 9.37 Å². The minimum absolute atomic E-state index is 0.208. The molecule has 0 saturated heterocycles. The molecule has 2 nitrogen and oxygen atoms in total. The molecule has 0 radical (unpaired) electrons. The number of thiazole rings is 1. The van der Waals surface area contributed by atoms with E-state index in [1.807, 2.05) is 18.2 Å². The Morgan fingerprint density at radius 3 is 2.46 bits per heavy atom. The normalized spacial score (nSPS) is 11.0. The Hall–Kier alpha value is -1.46. The number of nitrogens with one attached hydrogen (secondary N) is 1. The summed E-state index contributed by atoms with van der Waals surface area (Å²) < 4.78 is 12.9. The summed E-state index contributed by atoms with van der Waals surface area (Å²) in [6.45, 7) is 1.47. The highest BCUT2D eigenvalue weighted by atomic mass is 35.5. The standard InChI is InChI=1S/C18H15Cl2FN2S/c19-14-2-1-3-15(20)18(14)16-10-23-17(24-16)11-22-9-8-12-4-6-13(21)7-5-12/h1-7,10,22H,8-9,11H2. The van der Waals surface area contributed by atoms with Crippen LogP contribution in [0.15, 0.2) is 48.7 Å². The second-order valence-corrected chi connectivity index (χ2v) is 7.20. The molecule has 0 amide bonds. The van der Waals surface area contributed by atoms with Crippen LogP contribution < -0.4 is 5.32 Å². The number of hydrogen-bond acceptors (Lipinski definition) is 3. The predicted molar refractivity (Wildman–Crippen MR) is 99.4 cm³/mol. The van der Waals surface area contributed by atoms with Gasteiger partial charge in [0.2, 0.25) is 0 Å².